The monoisotopic (exact) mass is 537 g/mol. The van der Waals surface area contributed by atoms with Crippen LogP contribution in [0.5, 0.6) is 0 Å². The third kappa shape index (κ3) is 4.72. The van der Waals surface area contributed by atoms with Gasteiger partial charge in [0.05, 0.1) is 23.5 Å². The number of aliphatic hydroxyl groups is 2. The summed E-state index contributed by atoms with van der Waals surface area (Å²) >= 11 is 8.22. The van der Waals surface area contributed by atoms with E-state index in [9.17, 15) is 19.1 Å². The summed E-state index contributed by atoms with van der Waals surface area (Å²) in [5.74, 6) is -1.28. The number of nitrogens with zero attached hydrogens (tertiary/aromatic N) is 1. The number of halogens is 3. The van der Waals surface area contributed by atoms with Crippen LogP contribution in [-0.2, 0) is 17.8 Å². The van der Waals surface area contributed by atoms with Crippen LogP contribution >= 0.6 is 34.2 Å². The highest BCUT2D eigenvalue weighted by molar-refractivity contribution is 14.1. The van der Waals surface area contributed by atoms with Gasteiger partial charge in [-0.25, -0.2) is 9.87 Å². The second kappa shape index (κ2) is 9.39. The van der Waals surface area contributed by atoms with Gasteiger partial charge in [-0.05, 0) is 53.6 Å². The predicted molar refractivity (Wildman–Crippen MR) is 113 cm³/mol. The predicted octanol–water partition coefficient (Wildman–Crippen LogP) is 1.95. The zero-order valence-corrected chi connectivity index (χ0v) is 18.0. The van der Waals surface area contributed by atoms with Crippen LogP contribution in [0.4, 0.5) is 15.8 Å². The van der Waals surface area contributed by atoms with Gasteiger partial charge in [-0.1, -0.05) is 11.6 Å². The zero-order chi connectivity index (χ0) is 21.1. The van der Waals surface area contributed by atoms with Gasteiger partial charge in [0, 0.05) is 15.8 Å². The average Bonchev–Trinajstić information content (AvgIpc) is 3.17. The first-order valence-corrected chi connectivity index (χ1v) is 10.2. The van der Waals surface area contributed by atoms with Gasteiger partial charge in [0.1, 0.15) is 23.6 Å². The van der Waals surface area contributed by atoms with E-state index in [2.05, 4.69) is 10.8 Å². The number of fused-ring (bicyclic) bond motifs is 1. The van der Waals surface area contributed by atoms with Crippen LogP contribution in [0.3, 0.4) is 0 Å². The van der Waals surface area contributed by atoms with Crippen LogP contribution in [-0.4, -0.2) is 40.0 Å². The molecule has 1 aromatic carbocycles. The number of hydrogen-bond acceptors (Lipinski definition) is 6. The number of amides is 1. The smallest absolute Gasteiger partial charge is 0.278 e. The minimum absolute atomic E-state index is 0.0197. The quantitative estimate of drug-likeness (QED) is 0.317. The molecular weight excluding hydrogens is 520 g/mol. The Labute approximate surface area is 183 Å². The van der Waals surface area contributed by atoms with E-state index in [1.54, 1.807) is 6.07 Å². The third-order valence-electron chi connectivity index (χ3n) is 4.38. The van der Waals surface area contributed by atoms with Gasteiger partial charge >= 0.3 is 0 Å². The number of nitrogens with one attached hydrogen (secondary N) is 2. The number of aromatic nitrogens is 1. The van der Waals surface area contributed by atoms with E-state index in [0.717, 1.165) is 0 Å². The van der Waals surface area contributed by atoms with Gasteiger partial charge in [-0.2, -0.15) is 0 Å². The van der Waals surface area contributed by atoms with Crippen molar-refractivity contribution in [1.82, 2.24) is 10.0 Å². The molecule has 2 heterocycles. The molecule has 0 aliphatic carbocycles. The maximum Gasteiger partial charge on any atom is 0.278 e. The van der Waals surface area contributed by atoms with Crippen molar-refractivity contribution in [3.05, 3.63) is 54.2 Å². The second-order valence-electron chi connectivity index (χ2n) is 6.40. The summed E-state index contributed by atoms with van der Waals surface area (Å²) in [5, 5.41) is 20.7. The van der Waals surface area contributed by atoms with E-state index in [-0.39, 0.29) is 28.6 Å². The lowest BCUT2D eigenvalue weighted by Gasteiger charge is -2.18. The fourth-order valence-electron chi connectivity index (χ4n) is 3.03. The molecule has 0 fully saturated rings. The maximum atomic E-state index is 14.3. The van der Waals surface area contributed by atoms with E-state index in [4.69, 9.17) is 21.5 Å². The summed E-state index contributed by atoms with van der Waals surface area (Å²) in [6.07, 6.45) is -0.0586. The number of carbonyl (C=O) groups excluding carboxylic acids is 1. The van der Waals surface area contributed by atoms with Gasteiger partial charge in [0.2, 0.25) is 0 Å². The van der Waals surface area contributed by atoms with Crippen molar-refractivity contribution in [3.8, 4) is 0 Å². The highest BCUT2D eigenvalue weighted by atomic mass is 127. The number of carbonyl (C=O) groups is 1. The van der Waals surface area contributed by atoms with E-state index in [1.165, 1.54) is 16.7 Å². The number of aliphatic hydroxyl groups excluding tert-OH is 2. The molecule has 29 heavy (non-hydrogen) atoms. The highest BCUT2D eigenvalue weighted by Gasteiger charge is 2.28. The fraction of sp³-hybridized carbons (Fsp3) is 0.333. The van der Waals surface area contributed by atoms with Crippen LogP contribution < -0.4 is 16.4 Å². The Kier molecular flexibility index (Phi) is 7.11. The van der Waals surface area contributed by atoms with Crippen molar-refractivity contribution >= 4 is 51.5 Å². The molecule has 0 spiro atoms. The lowest BCUT2D eigenvalue weighted by atomic mass is 10.1. The topological polar surface area (TPSA) is 113 Å². The minimum atomic E-state index is -1.17. The molecule has 0 bridgehead atoms. The standard InChI is InChI=1S/C18H18ClFIN3O5/c19-15-16(22-12-4-3-9(21)6-11(12)20)14(13-2-1-5-24(13)18(15)28)17(27)23-29-8-10(26)7-25/h3-4,6,10,22,25-26H,1-2,5,7-8H2,(H,23,27)/t10-/m0/s1. The third-order valence-corrected chi connectivity index (χ3v) is 5.40. The van der Waals surface area contributed by atoms with Crippen LogP contribution in [0.15, 0.2) is 23.0 Å². The molecule has 3 rings (SSSR count). The van der Waals surface area contributed by atoms with Gasteiger partial charge in [-0.15, -0.1) is 0 Å². The Hall–Kier alpha value is -1.73. The Balaban J connectivity index is 2.01. The first-order chi connectivity index (χ1) is 13.8. The van der Waals surface area contributed by atoms with Crippen molar-refractivity contribution in [1.29, 1.82) is 0 Å². The minimum Gasteiger partial charge on any atom is -0.394 e. The summed E-state index contributed by atoms with van der Waals surface area (Å²) in [4.78, 5) is 30.3. The normalized spacial score (nSPS) is 13.8. The molecule has 2 aromatic rings. The number of hydrogen-bond donors (Lipinski definition) is 4. The Morgan fingerprint density at radius 2 is 2.21 bits per heavy atom. The summed E-state index contributed by atoms with van der Waals surface area (Å²) in [6.45, 7) is -0.452. The molecular formula is C18H18ClFIN3O5. The van der Waals surface area contributed by atoms with Crippen molar-refractivity contribution in [3.63, 3.8) is 0 Å². The molecule has 1 aliphatic heterocycles. The summed E-state index contributed by atoms with van der Waals surface area (Å²) in [6, 6.07) is 4.45. The summed E-state index contributed by atoms with van der Waals surface area (Å²) < 4.78 is 16.4. The molecule has 1 aromatic heterocycles. The molecule has 11 heteroatoms. The average molecular weight is 538 g/mol. The number of pyridine rings is 1. The molecule has 1 aliphatic rings. The first-order valence-electron chi connectivity index (χ1n) is 8.71. The van der Waals surface area contributed by atoms with E-state index in [1.807, 2.05) is 22.6 Å². The van der Waals surface area contributed by atoms with E-state index in [0.29, 0.717) is 28.7 Å². The van der Waals surface area contributed by atoms with Crippen LogP contribution in [0.25, 0.3) is 0 Å². The number of rotatable bonds is 7. The van der Waals surface area contributed by atoms with Crippen molar-refractivity contribution < 1.29 is 24.2 Å². The molecule has 8 nitrogen and oxygen atoms in total. The molecule has 156 valence electrons. The molecule has 1 amide bonds. The number of hydroxylamine groups is 1. The fourth-order valence-corrected chi connectivity index (χ4v) is 3.73. The Morgan fingerprint density at radius 1 is 1.45 bits per heavy atom. The number of anilines is 2. The van der Waals surface area contributed by atoms with Crippen LogP contribution in [0, 0.1) is 9.39 Å². The van der Waals surface area contributed by atoms with Gasteiger partial charge in [-0.3, -0.25) is 14.4 Å². The summed E-state index contributed by atoms with van der Waals surface area (Å²) in [5.41, 5.74) is 2.25. The molecule has 0 unspecified atom stereocenters. The lowest BCUT2D eigenvalue weighted by Crippen LogP contribution is -2.33. The molecule has 0 radical (unpaired) electrons. The van der Waals surface area contributed by atoms with Crippen molar-refractivity contribution in [2.75, 3.05) is 18.5 Å². The Bertz CT molecular complexity index is 1000. The van der Waals surface area contributed by atoms with Crippen molar-refractivity contribution in [2.24, 2.45) is 0 Å². The van der Waals surface area contributed by atoms with Gasteiger partial charge in [0.15, 0.2) is 0 Å². The van der Waals surface area contributed by atoms with E-state index < -0.39 is 30.0 Å². The maximum absolute atomic E-state index is 14.3. The SMILES string of the molecule is O=C(NOC[C@@H](O)CO)c1c(Nc2ccc(I)cc2F)c(Cl)c(=O)n2c1CCC2. The second-order valence-corrected chi connectivity index (χ2v) is 8.02. The Morgan fingerprint density at radius 3 is 2.90 bits per heavy atom. The van der Waals surface area contributed by atoms with Crippen molar-refractivity contribution in [2.45, 2.75) is 25.5 Å². The van der Waals surface area contributed by atoms with E-state index >= 15 is 0 Å². The van der Waals surface area contributed by atoms with Crippen LogP contribution in [0.1, 0.15) is 22.5 Å². The largest absolute Gasteiger partial charge is 0.394 e. The zero-order valence-electron chi connectivity index (χ0n) is 15.0. The molecule has 1 atom stereocenters. The lowest BCUT2D eigenvalue weighted by molar-refractivity contribution is -0.0295. The highest BCUT2D eigenvalue weighted by Crippen LogP contribution is 2.33. The van der Waals surface area contributed by atoms with Gasteiger partial charge in [0.25, 0.3) is 11.5 Å². The summed E-state index contributed by atoms with van der Waals surface area (Å²) in [7, 11) is 0. The van der Waals surface area contributed by atoms with Gasteiger partial charge < -0.3 is 20.1 Å². The van der Waals surface area contributed by atoms with Crippen LogP contribution in [0.2, 0.25) is 5.02 Å². The molecule has 4 N–H and O–H groups in total. The number of benzene rings is 1. The molecule has 0 saturated carbocycles. The first kappa shape index (κ1) is 22.0. The molecule has 0 saturated heterocycles.